The number of likely N-dealkylation sites (N-methyl/N-ethyl adjacent to an activating group) is 1. The second-order valence-electron chi connectivity index (χ2n) is 10.8. The summed E-state index contributed by atoms with van der Waals surface area (Å²) in [5.41, 5.74) is -3.81. The number of aliphatic carboxylic acids is 1. The molecule has 10 heteroatoms. The van der Waals surface area contributed by atoms with E-state index in [2.05, 4.69) is 4.90 Å². The molecule has 3 aliphatic heterocycles. The van der Waals surface area contributed by atoms with E-state index in [4.69, 9.17) is 14.2 Å². The Morgan fingerprint density at radius 2 is 1.91 bits per heavy atom. The Balaban J connectivity index is 1.63. The number of phenolic OH excluding ortho intramolecular Hbond substituents is 1. The monoisotopic (exact) mass is 491 g/mol. The molecule has 3 unspecified atom stereocenters. The van der Waals surface area contributed by atoms with E-state index in [-0.39, 0.29) is 29.0 Å². The highest BCUT2D eigenvalue weighted by molar-refractivity contribution is 6.11. The van der Waals surface area contributed by atoms with Gasteiger partial charge in [-0.05, 0) is 59.3 Å². The molecule has 192 valence electrons. The number of carboxylic acids is 1. The molecule has 9 atom stereocenters. The van der Waals surface area contributed by atoms with Gasteiger partial charge in [0.15, 0.2) is 11.2 Å². The Hall–Kier alpha value is -2.08. The van der Waals surface area contributed by atoms with Crippen LogP contribution in [0.15, 0.2) is 12.1 Å². The number of rotatable bonds is 4. The first-order chi connectivity index (χ1) is 16.3. The summed E-state index contributed by atoms with van der Waals surface area (Å²) in [7, 11) is 3.97. The zero-order valence-electron chi connectivity index (χ0n) is 20.5. The quantitative estimate of drug-likeness (QED) is 0.451. The number of phenols is 1. The molecule has 0 bridgehead atoms. The standard InChI is InChI=1S/C25H33NO9/c1-11-14(26(4)5)8-9-23(3,34-11)13-6-7-15(27)19-18(13)21(31)25-20(30)16(10-17(28)29)33-12(2)24(25,35-25)22(19)32/h6-7,11-12,14,16,20,22,27,30,32H,8-10H2,1-5H3,(H,28,29)/t11-,12-,14+,16?,20+,22+,23-,24?,25?/m1/s1. The number of epoxide rings is 1. The van der Waals surface area contributed by atoms with E-state index in [1.807, 2.05) is 27.9 Å². The number of fused-ring (bicyclic) bond motifs is 1. The number of ketones is 1. The van der Waals surface area contributed by atoms with Crippen LogP contribution in [0.1, 0.15) is 67.6 Å². The Labute approximate surface area is 203 Å². The lowest BCUT2D eigenvalue weighted by Gasteiger charge is -2.47. The maximum absolute atomic E-state index is 14.2. The molecule has 0 aromatic heterocycles. The molecule has 10 nitrogen and oxygen atoms in total. The van der Waals surface area contributed by atoms with Crippen molar-refractivity contribution in [2.24, 2.45) is 0 Å². The summed E-state index contributed by atoms with van der Waals surface area (Å²) >= 11 is 0. The molecule has 1 aliphatic carbocycles. The number of nitrogens with zero attached hydrogens (tertiary/aromatic N) is 1. The molecule has 0 amide bonds. The van der Waals surface area contributed by atoms with Crippen LogP contribution in [0.5, 0.6) is 5.75 Å². The number of aliphatic hydroxyl groups excluding tert-OH is 2. The van der Waals surface area contributed by atoms with Gasteiger partial charge >= 0.3 is 5.97 Å². The number of ether oxygens (including phenoxy) is 3. The lowest BCUT2D eigenvalue weighted by molar-refractivity contribution is -0.163. The van der Waals surface area contributed by atoms with E-state index in [1.54, 1.807) is 13.0 Å². The van der Waals surface area contributed by atoms with Crippen molar-refractivity contribution in [3.63, 3.8) is 0 Å². The lowest BCUT2D eigenvalue weighted by Crippen LogP contribution is -2.64. The lowest BCUT2D eigenvalue weighted by atomic mass is 9.64. The Morgan fingerprint density at radius 1 is 1.23 bits per heavy atom. The topological polar surface area (TPSA) is 149 Å². The van der Waals surface area contributed by atoms with Crippen molar-refractivity contribution < 1.29 is 44.2 Å². The highest BCUT2D eigenvalue weighted by Crippen LogP contribution is 2.68. The summed E-state index contributed by atoms with van der Waals surface area (Å²) in [4.78, 5) is 27.7. The van der Waals surface area contributed by atoms with Crippen LogP contribution < -0.4 is 0 Å². The zero-order chi connectivity index (χ0) is 25.7. The molecule has 4 aliphatic rings. The number of aromatic hydroxyl groups is 1. The summed E-state index contributed by atoms with van der Waals surface area (Å²) in [6, 6.07) is 3.24. The Bertz CT molecular complexity index is 1090. The third-order valence-corrected chi connectivity index (χ3v) is 8.60. The molecule has 0 radical (unpaired) electrons. The highest BCUT2D eigenvalue weighted by atomic mass is 16.7. The first kappa shape index (κ1) is 24.6. The second kappa shape index (κ2) is 7.71. The molecule has 3 saturated heterocycles. The average Bonchev–Trinajstić information content (AvgIpc) is 3.49. The number of carbonyl (C=O) groups excluding carboxylic acids is 1. The van der Waals surface area contributed by atoms with E-state index in [0.717, 1.165) is 6.42 Å². The van der Waals surface area contributed by atoms with Crippen molar-refractivity contribution in [1.82, 2.24) is 4.90 Å². The van der Waals surface area contributed by atoms with E-state index in [9.17, 15) is 30.0 Å². The number of carbonyl (C=O) groups is 2. The fourth-order valence-corrected chi connectivity index (χ4v) is 6.84. The maximum atomic E-state index is 14.2. The van der Waals surface area contributed by atoms with Crippen LogP contribution in [0.25, 0.3) is 0 Å². The number of carboxylic acid groups (broad SMARTS) is 1. The normalized spacial score (nSPS) is 44.4. The second-order valence-corrected chi connectivity index (χ2v) is 10.8. The summed E-state index contributed by atoms with van der Waals surface area (Å²) in [5.74, 6) is -2.06. The molecule has 0 saturated carbocycles. The molecule has 4 N–H and O–H groups in total. The van der Waals surface area contributed by atoms with E-state index < -0.39 is 59.4 Å². The third kappa shape index (κ3) is 3.04. The summed E-state index contributed by atoms with van der Waals surface area (Å²) in [5, 5.41) is 42.7. The average molecular weight is 492 g/mol. The summed E-state index contributed by atoms with van der Waals surface area (Å²) in [6.07, 6.45) is -4.49. The first-order valence-electron chi connectivity index (χ1n) is 12.0. The van der Waals surface area contributed by atoms with Gasteiger partial charge in [-0.3, -0.25) is 9.59 Å². The number of hydrogen-bond acceptors (Lipinski definition) is 9. The van der Waals surface area contributed by atoms with Crippen LogP contribution in [0.3, 0.4) is 0 Å². The van der Waals surface area contributed by atoms with Gasteiger partial charge in [-0.25, -0.2) is 0 Å². The number of aliphatic hydroxyl groups is 2. The van der Waals surface area contributed by atoms with E-state index in [0.29, 0.717) is 12.0 Å². The highest BCUT2D eigenvalue weighted by Gasteiger charge is 2.88. The van der Waals surface area contributed by atoms with Gasteiger partial charge in [-0.2, -0.15) is 0 Å². The minimum absolute atomic E-state index is 0.0205. The Kier molecular flexibility index (Phi) is 5.42. The van der Waals surface area contributed by atoms with Gasteiger partial charge in [0, 0.05) is 17.2 Å². The van der Waals surface area contributed by atoms with Crippen molar-refractivity contribution in [3.8, 4) is 5.75 Å². The predicted molar refractivity (Wildman–Crippen MR) is 121 cm³/mol. The maximum Gasteiger partial charge on any atom is 0.306 e. The van der Waals surface area contributed by atoms with E-state index in [1.165, 1.54) is 6.07 Å². The van der Waals surface area contributed by atoms with Gasteiger partial charge in [0.2, 0.25) is 5.78 Å². The third-order valence-electron chi connectivity index (χ3n) is 8.60. The fourth-order valence-electron chi connectivity index (χ4n) is 6.84. The van der Waals surface area contributed by atoms with E-state index >= 15 is 0 Å². The van der Waals surface area contributed by atoms with Gasteiger partial charge in [-0.15, -0.1) is 0 Å². The van der Waals surface area contributed by atoms with Crippen LogP contribution >= 0.6 is 0 Å². The van der Waals surface area contributed by atoms with Crippen molar-refractivity contribution in [3.05, 3.63) is 28.8 Å². The van der Waals surface area contributed by atoms with Crippen LogP contribution in [-0.4, -0.2) is 92.8 Å². The molecule has 3 fully saturated rings. The van der Waals surface area contributed by atoms with Gasteiger partial charge in [-0.1, -0.05) is 6.07 Å². The Morgan fingerprint density at radius 3 is 2.51 bits per heavy atom. The summed E-state index contributed by atoms with van der Waals surface area (Å²) in [6.45, 7) is 5.42. The number of Topliss-reactive ketones (excluding diaryl/α,β-unsaturated/α-hetero) is 1. The van der Waals surface area contributed by atoms with Crippen molar-refractivity contribution >= 4 is 11.8 Å². The van der Waals surface area contributed by atoms with Crippen LogP contribution in [0.4, 0.5) is 0 Å². The van der Waals surface area contributed by atoms with Crippen LogP contribution in [-0.2, 0) is 24.6 Å². The molecule has 35 heavy (non-hydrogen) atoms. The largest absolute Gasteiger partial charge is 0.508 e. The summed E-state index contributed by atoms with van der Waals surface area (Å²) < 4.78 is 18.1. The van der Waals surface area contributed by atoms with Gasteiger partial charge in [0.1, 0.15) is 18.0 Å². The van der Waals surface area contributed by atoms with Gasteiger partial charge < -0.3 is 39.5 Å². The van der Waals surface area contributed by atoms with Gasteiger partial charge in [0.25, 0.3) is 0 Å². The van der Waals surface area contributed by atoms with Crippen LogP contribution in [0, 0.1) is 0 Å². The molecular formula is C25H33NO9. The van der Waals surface area contributed by atoms with Crippen molar-refractivity contribution in [1.29, 1.82) is 0 Å². The molecular weight excluding hydrogens is 458 g/mol. The van der Waals surface area contributed by atoms with Crippen LogP contribution in [0.2, 0.25) is 0 Å². The SMILES string of the molecule is C[C@H]1O[C@@](C)(c2ccc(O)c3c2C(=O)C24OC2([C@@H](C)OC(CC(=O)O)[C@@H]4O)[C@H]3O)CC[C@@H]1N(C)C. The number of hydrogen-bond donors (Lipinski definition) is 4. The fraction of sp³-hybridized carbons (Fsp3) is 0.680. The molecule has 5 rings (SSSR count). The predicted octanol–water partition coefficient (Wildman–Crippen LogP) is 1.10. The smallest absolute Gasteiger partial charge is 0.306 e. The molecule has 1 aromatic carbocycles. The minimum atomic E-state index is -1.87. The zero-order valence-corrected chi connectivity index (χ0v) is 20.5. The molecule has 0 spiro atoms. The molecule has 1 aromatic rings. The molecule has 3 heterocycles. The van der Waals surface area contributed by atoms with Crippen molar-refractivity contribution in [2.75, 3.05) is 14.1 Å². The first-order valence-corrected chi connectivity index (χ1v) is 12.0. The van der Waals surface area contributed by atoms with Gasteiger partial charge in [0.05, 0.1) is 30.3 Å². The van der Waals surface area contributed by atoms with Crippen molar-refractivity contribution in [2.45, 2.75) is 93.4 Å². The minimum Gasteiger partial charge on any atom is -0.508 e. The number of benzene rings is 1.